The number of hydrogen-bond acceptors (Lipinski definition) is 5. The molecule has 100 valence electrons. The van der Waals surface area contributed by atoms with E-state index in [4.69, 9.17) is 4.52 Å². The molecule has 0 bridgehead atoms. The molecule has 3 heterocycles. The average Bonchev–Trinajstić information content (AvgIpc) is 3.11. The van der Waals surface area contributed by atoms with Crippen LogP contribution in [-0.2, 0) is 5.75 Å². The van der Waals surface area contributed by atoms with E-state index in [1.165, 1.54) is 0 Å². The molecule has 0 amide bonds. The highest BCUT2D eigenvalue weighted by Crippen LogP contribution is 2.25. The smallest absolute Gasteiger partial charge is 0.231 e. The summed E-state index contributed by atoms with van der Waals surface area (Å²) < 4.78 is 7.09. The Balaban J connectivity index is 1.72. The van der Waals surface area contributed by atoms with Gasteiger partial charge in [-0.05, 0) is 19.1 Å². The van der Waals surface area contributed by atoms with E-state index in [9.17, 15) is 0 Å². The Morgan fingerprint density at radius 2 is 2.25 bits per heavy atom. The van der Waals surface area contributed by atoms with Gasteiger partial charge in [0.25, 0.3) is 0 Å². The number of imidazole rings is 1. The van der Waals surface area contributed by atoms with Crippen molar-refractivity contribution in [3.05, 3.63) is 41.8 Å². The fraction of sp³-hybridized carbons (Fsp3) is 0.154. The van der Waals surface area contributed by atoms with Gasteiger partial charge in [-0.3, -0.25) is 4.40 Å². The fourth-order valence-electron chi connectivity index (χ4n) is 2.16. The van der Waals surface area contributed by atoms with Crippen molar-refractivity contribution >= 4 is 28.6 Å². The number of aromatic nitrogens is 5. The Kier molecular flexibility index (Phi) is 2.53. The van der Waals surface area contributed by atoms with Crippen LogP contribution in [0.4, 0.5) is 0 Å². The predicted molar refractivity (Wildman–Crippen MR) is 75.6 cm³/mol. The number of H-pyrrole nitrogens is 1. The van der Waals surface area contributed by atoms with E-state index in [-0.39, 0.29) is 0 Å². The number of hydrogen-bond donors (Lipinski definition) is 1. The Bertz CT molecular complexity index is 890. The van der Waals surface area contributed by atoms with Gasteiger partial charge in [0.05, 0.1) is 16.7 Å². The molecule has 0 saturated carbocycles. The SMILES string of the molecule is Cc1cc(CSc2n[nH]c3nc4ccccc4n23)no1. The highest BCUT2D eigenvalue weighted by Gasteiger charge is 2.12. The molecule has 20 heavy (non-hydrogen) atoms. The van der Waals surface area contributed by atoms with Gasteiger partial charge in [-0.1, -0.05) is 29.1 Å². The molecule has 4 aromatic rings. The van der Waals surface area contributed by atoms with Crippen LogP contribution in [0.5, 0.6) is 0 Å². The van der Waals surface area contributed by atoms with E-state index in [1.54, 1.807) is 11.8 Å². The van der Waals surface area contributed by atoms with Crippen LogP contribution >= 0.6 is 11.8 Å². The lowest BCUT2D eigenvalue weighted by Gasteiger charge is -1.96. The first-order valence-electron chi connectivity index (χ1n) is 6.18. The van der Waals surface area contributed by atoms with Crippen LogP contribution in [0.3, 0.4) is 0 Å². The summed E-state index contributed by atoms with van der Waals surface area (Å²) in [6.45, 7) is 1.89. The number of nitrogens with one attached hydrogen (secondary N) is 1. The molecule has 0 atom stereocenters. The molecule has 1 aromatic carbocycles. The van der Waals surface area contributed by atoms with Crippen LogP contribution in [-0.4, -0.2) is 24.7 Å². The highest BCUT2D eigenvalue weighted by atomic mass is 32.2. The van der Waals surface area contributed by atoms with Gasteiger partial charge in [0, 0.05) is 11.8 Å². The second-order valence-corrected chi connectivity index (χ2v) is 5.43. The maximum Gasteiger partial charge on any atom is 0.231 e. The van der Waals surface area contributed by atoms with Crippen LogP contribution in [0.2, 0.25) is 0 Å². The molecule has 0 radical (unpaired) electrons. The van der Waals surface area contributed by atoms with Crippen molar-refractivity contribution in [3.63, 3.8) is 0 Å². The summed E-state index contributed by atoms with van der Waals surface area (Å²) in [5, 5.41) is 12.1. The van der Waals surface area contributed by atoms with Crippen LogP contribution in [0.1, 0.15) is 11.5 Å². The van der Waals surface area contributed by atoms with Gasteiger partial charge in [-0.15, -0.1) is 5.10 Å². The molecule has 0 unspecified atom stereocenters. The largest absolute Gasteiger partial charge is 0.361 e. The fourth-order valence-corrected chi connectivity index (χ4v) is 3.00. The normalized spacial score (nSPS) is 11.7. The summed E-state index contributed by atoms with van der Waals surface area (Å²) in [7, 11) is 0. The molecule has 0 aliphatic heterocycles. The Morgan fingerprint density at radius 3 is 3.10 bits per heavy atom. The standard InChI is InChI=1S/C13H11N5OS/c1-8-6-9(17-19-8)7-20-13-16-15-12-14-10-4-2-3-5-11(10)18(12)13/h2-6H,7H2,1H3,(H,14,15). The van der Waals surface area contributed by atoms with Gasteiger partial charge in [-0.2, -0.15) is 0 Å². The maximum absolute atomic E-state index is 5.07. The van der Waals surface area contributed by atoms with Gasteiger partial charge in [-0.25, -0.2) is 10.1 Å². The van der Waals surface area contributed by atoms with Crippen molar-refractivity contribution in [1.29, 1.82) is 0 Å². The summed E-state index contributed by atoms with van der Waals surface area (Å²) in [4.78, 5) is 4.49. The van der Waals surface area contributed by atoms with Crippen molar-refractivity contribution in [2.45, 2.75) is 17.8 Å². The topological polar surface area (TPSA) is 72.0 Å². The number of rotatable bonds is 3. The molecule has 1 N–H and O–H groups in total. The monoisotopic (exact) mass is 285 g/mol. The quantitative estimate of drug-likeness (QED) is 0.586. The highest BCUT2D eigenvalue weighted by molar-refractivity contribution is 7.98. The molecule has 0 saturated heterocycles. The Labute approximate surface area is 118 Å². The van der Waals surface area contributed by atoms with Crippen LogP contribution in [0.15, 0.2) is 40.0 Å². The lowest BCUT2D eigenvalue weighted by Crippen LogP contribution is -1.87. The number of fused-ring (bicyclic) bond motifs is 3. The van der Waals surface area contributed by atoms with Gasteiger partial charge in [0.15, 0.2) is 5.16 Å². The van der Waals surface area contributed by atoms with Crippen molar-refractivity contribution in [2.75, 3.05) is 0 Å². The first-order valence-corrected chi connectivity index (χ1v) is 7.16. The third-order valence-corrected chi connectivity index (χ3v) is 4.00. The molecule has 6 nitrogen and oxygen atoms in total. The predicted octanol–water partition coefficient (Wildman–Crippen LogP) is 2.80. The Hall–Kier alpha value is -2.28. The minimum Gasteiger partial charge on any atom is -0.361 e. The molecule has 7 heteroatoms. The third kappa shape index (κ3) is 1.78. The van der Waals surface area contributed by atoms with Crippen molar-refractivity contribution < 1.29 is 4.52 Å². The van der Waals surface area contributed by atoms with Crippen LogP contribution < -0.4 is 0 Å². The second-order valence-electron chi connectivity index (χ2n) is 4.48. The first kappa shape index (κ1) is 11.5. The Morgan fingerprint density at radius 1 is 1.35 bits per heavy atom. The number of nitrogens with zero attached hydrogens (tertiary/aromatic N) is 4. The van der Waals surface area contributed by atoms with E-state index in [2.05, 4.69) is 20.3 Å². The molecular weight excluding hydrogens is 274 g/mol. The van der Waals surface area contributed by atoms with Gasteiger partial charge < -0.3 is 4.52 Å². The van der Waals surface area contributed by atoms with Gasteiger partial charge in [0.1, 0.15) is 5.76 Å². The lowest BCUT2D eigenvalue weighted by molar-refractivity contribution is 0.393. The van der Waals surface area contributed by atoms with Gasteiger partial charge in [0.2, 0.25) is 5.78 Å². The first-order chi connectivity index (χ1) is 9.81. The zero-order valence-corrected chi connectivity index (χ0v) is 11.5. The van der Waals surface area contributed by atoms with Crippen LogP contribution in [0, 0.1) is 6.92 Å². The molecule has 0 fully saturated rings. The van der Waals surface area contributed by atoms with E-state index in [0.29, 0.717) is 5.75 Å². The van der Waals surface area contributed by atoms with E-state index in [1.807, 2.05) is 41.7 Å². The average molecular weight is 285 g/mol. The number of thioether (sulfide) groups is 1. The summed E-state index contributed by atoms with van der Waals surface area (Å²) in [5.74, 6) is 2.29. The summed E-state index contributed by atoms with van der Waals surface area (Å²) in [5.41, 5.74) is 2.92. The minimum atomic E-state index is 0.712. The zero-order valence-electron chi connectivity index (χ0n) is 10.7. The zero-order chi connectivity index (χ0) is 13.5. The molecular formula is C13H11N5OS. The molecule has 4 rings (SSSR count). The van der Waals surface area contributed by atoms with E-state index >= 15 is 0 Å². The van der Waals surface area contributed by atoms with E-state index < -0.39 is 0 Å². The van der Waals surface area contributed by atoms with Crippen LogP contribution in [0.25, 0.3) is 16.8 Å². The summed E-state index contributed by atoms with van der Waals surface area (Å²) in [6.07, 6.45) is 0. The summed E-state index contributed by atoms with van der Waals surface area (Å²) >= 11 is 1.60. The number of benzene rings is 1. The van der Waals surface area contributed by atoms with Gasteiger partial charge >= 0.3 is 0 Å². The minimum absolute atomic E-state index is 0.712. The molecule has 0 aliphatic carbocycles. The number of para-hydroxylation sites is 2. The van der Waals surface area contributed by atoms with E-state index in [0.717, 1.165) is 33.4 Å². The van der Waals surface area contributed by atoms with Crippen molar-refractivity contribution in [3.8, 4) is 0 Å². The van der Waals surface area contributed by atoms with Crippen molar-refractivity contribution in [1.82, 2.24) is 24.7 Å². The third-order valence-electron chi connectivity index (χ3n) is 3.03. The molecule has 0 spiro atoms. The molecule has 0 aliphatic rings. The molecule has 3 aromatic heterocycles. The number of aromatic amines is 1. The lowest BCUT2D eigenvalue weighted by atomic mass is 10.3. The van der Waals surface area contributed by atoms with Crippen molar-refractivity contribution in [2.24, 2.45) is 0 Å². The number of aryl methyl sites for hydroxylation is 1. The second kappa shape index (κ2) is 4.38. The summed E-state index contributed by atoms with van der Waals surface area (Å²) in [6, 6.07) is 9.94. The maximum atomic E-state index is 5.07.